The Morgan fingerprint density at radius 1 is 0.962 bits per heavy atom. The highest BCUT2D eigenvalue weighted by Gasteiger charge is 2.24. The number of hydrogen-bond donors (Lipinski definition) is 3. The summed E-state index contributed by atoms with van der Waals surface area (Å²) in [6.45, 7) is 3.62. The van der Waals surface area contributed by atoms with E-state index in [0.717, 1.165) is 32.1 Å². The maximum absolute atomic E-state index is 12.4. The van der Waals surface area contributed by atoms with Gasteiger partial charge in [0.15, 0.2) is 0 Å². The van der Waals surface area contributed by atoms with Gasteiger partial charge in [0.05, 0.1) is 7.11 Å². The first-order chi connectivity index (χ1) is 12.3. The minimum absolute atomic E-state index is 0.128. The third kappa shape index (κ3) is 11.4. The highest BCUT2D eigenvalue weighted by Crippen LogP contribution is 2.07. The number of methoxy groups -OCH3 is 1. The van der Waals surface area contributed by atoms with E-state index in [0.29, 0.717) is 12.8 Å². The number of esters is 1. The Kier molecular flexibility index (Phi) is 12.9. The van der Waals surface area contributed by atoms with Crippen LogP contribution < -0.4 is 16.4 Å². The molecular weight excluding hydrogens is 338 g/mol. The lowest BCUT2D eigenvalue weighted by atomic mass is 10.1. The molecule has 0 aromatic heterocycles. The Morgan fingerprint density at radius 2 is 1.62 bits per heavy atom. The second kappa shape index (κ2) is 14.1. The lowest BCUT2D eigenvalue weighted by Crippen LogP contribution is -2.51. The number of rotatable bonds is 14. The number of ether oxygens (including phenoxy) is 1. The largest absolute Gasteiger partial charge is 0.467 e. The van der Waals surface area contributed by atoms with Crippen molar-refractivity contribution in [3.63, 3.8) is 0 Å². The average Bonchev–Trinajstić information content (AvgIpc) is 2.59. The van der Waals surface area contributed by atoms with Gasteiger partial charge in [0.1, 0.15) is 12.1 Å². The zero-order valence-electron chi connectivity index (χ0n) is 16.1. The number of amides is 3. The molecule has 150 valence electrons. The van der Waals surface area contributed by atoms with E-state index in [1.54, 1.807) is 0 Å². The molecule has 0 heterocycles. The van der Waals surface area contributed by atoms with Gasteiger partial charge in [-0.05, 0) is 26.2 Å². The lowest BCUT2D eigenvalue weighted by molar-refractivity contribution is -0.144. The lowest BCUT2D eigenvalue weighted by Gasteiger charge is -2.20. The van der Waals surface area contributed by atoms with Crippen LogP contribution in [-0.4, -0.2) is 42.9 Å². The fourth-order valence-electron chi connectivity index (χ4n) is 2.45. The van der Waals surface area contributed by atoms with Crippen LogP contribution in [0.15, 0.2) is 0 Å². The van der Waals surface area contributed by atoms with Gasteiger partial charge in [-0.25, -0.2) is 4.79 Å². The average molecular weight is 371 g/mol. The van der Waals surface area contributed by atoms with Crippen molar-refractivity contribution < 1.29 is 23.9 Å². The highest BCUT2D eigenvalue weighted by molar-refractivity contribution is 5.90. The summed E-state index contributed by atoms with van der Waals surface area (Å²) in [6.07, 6.45) is 6.21. The zero-order chi connectivity index (χ0) is 19.9. The van der Waals surface area contributed by atoms with E-state index in [-0.39, 0.29) is 18.7 Å². The molecule has 8 heteroatoms. The first kappa shape index (κ1) is 23.9. The van der Waals surface area contributed by atoms with Crippen LogP contribution in [0.5, 0.6) is 0 Å². The molecule has 0 unspecified atom stereocenters. The molecule has 4 N–H and O–H groups in total. The molecule has 0 aliphatic rings. The maximum Gasteiger partial charge on any atom is 0.328 e. The minimum Gasteiger partial charge on any atom is -0.467 e. The minimum atomic E-state index is -0.822. The number of nitrogens with two attached hydrogens (primary N) is 1. The van der Waals surface area contributed by atoms with Crippen LogP contribution >= 0.6 is 0 Å². The van der Waals surface area contributed by atoms with Crippen LogP contribution in [0, 0.1) is 0 Å². The molecular formula is C18H33N3O5. The summed E-state index contributed by atoms with van der Waals surface area (Å²) in [7, 11) is 1.23. The molecule has 0 aromatic carbocycles. The molecule has 0 aliphatic carbocycles. The highest BCUT2D eigenvalue weighted by atomic mass is 16.5. The molecule has 0 aromatic rings. The maximum atomic E-state index is 12.4. The fourth-order valence-corrected chi connectivity index (χ4v) is 2.45. The molecule has 26 heavy (non-hydrogen) atoms. The van der Waals surface area contributed by atoms with Crippen LogP contribution in [0.25, 0.3) is 0 Å². The summed E-state index contributed by atoms with van der Waals surface area (Å²) in [5.74, 6) is -1.73. The topological polar surface area (TPSA) is 128 Å². The van der Waals surface area contributed by atoms with E-state index < -0.39 is 29.9 Å². The summed E-state index contributed by atoms with van der Waals surface area (Å²) < 4.78 is 4.57. The van der Waals surface area contributed by atoms with Crippen molar-refractivity contribution in [3.8, 4) is 0 Å². The van der Waals surface area contributed by atoms with Gasteiger partial charge >= 0.3 is 5.97 Å². The molecule has 0 aliphatic heterocycles. The summed E-state index contributed by atoms with van der Waals surface area (Å²) in [5, 5.41) is 5.20. The predicted molar refractivity (Wildman–Crippen MR) is 98.0 cm³/mol. The van der Waals surface area contributed by atoms with E-state index in [9.17, 15) is 19.2 Å². The molecule has 0 saturated heterocycles. The van der Waals surface area contributed by atoms with Crippen LogP contribution in [0.2, 0.25) is 0 Å². The van der Waals surface area contributed by atoms with Crippen LogP contribution in [-0.2, 0) is 23.9 Å². The molecule has 0 rings (SSSR count). The fraction of sp³-hybridized carbons (Fsp3) is 0.778. The molecule has 0 radical (unpaired) electrons. The first-order valence-electron chi connectivity index (χ1n) is 9.27. The Bertz CT molecular complexity index is 468. The molecule has 2 atom stereocenters. The smallest absolute Gasteiger partial charge is 0.328 e. The van der Waals surface area contributed by atoms with Crippen molar-refractivity contribution in [1.82, 2.24) is 10.6 Å². The van der Waals surface area contributed by atoms with E-state index in [1.165, 1.54) is 14.0 Å². The zero-order valence-corrected chi connectivity index (χ0v) is 16.1. The van der Waals surface area contributed by atoms with Crippen LogP contribution in [0.1, 0.15) is 71.6 Å². The van der Waals surface area contributed by atoms with Crippen molar-refractivity contribution in [2.75, 3.05) is 7.11 Å². The van der Waals surface area contributed by atoms with Gasteiger partial charge < -0.3 is 21.1 Å². The van der Waals surface area contributed by atoms with Gasteiger partial charge in [0.2, 0.25) is 17.7 Å². The van der Waals surface area contributed by atoms with E-state index in [2.05, 4.69) is 22.3 Å². The van der Waals surface area contributed by atoms with Crippen molar-refractivity contribution >= 4 is 23.7 Å². The Labute approximate surface area is 155 Å². The normalized spacial score (nSPS) is 12.7. The number of carbonyl (C=O) groups is 4. The van der Waals surface area contributed by atoms with Gasteiger partial charge in [0, 0.05) is 12.8 Å². The first-order valence-corrected chi connectivity index (χ1v) is 9.27. The predicted octanol–water partition coefficient (Wildman–Crippen LogP) is 1.17. The summed E-state index contributed by atoms with van der Waals surface area (Å²) >= 11 is 0. The van der Waals surface area contributed by atoms with Gasteiger partial charge in [-0.1, -0.05) is 32.6 Å². The van der Waals surface area contributed by atoms with Crippen molar-refractivity contribution in [2.45, 2.75) is 83.7 Å². The number of carbonyl (C=O) groups excluding carboxylic acids is 4. The van der Waals surface area contributed by atoms with Gasteiger partial charge in [0.25, 0.3) is 0 Å². The third-order valence-electron chi connectivity index (χ3n) is 3.99. The SMILES string of the molecule is CCCCCCCC(=O)N[C@H](CCCC(N)=O)C(=O)N[C@@H](C)C(=O)OC. The van der Waals surface area contributed by atoms with Crippen molar-refractivity contribution in [1.29, 1.82) is 0 Å². The quantitative estimate of drug-likeness (QED) is 0.312. The van der Waals surface area contributed by atoms with Crippen LogP contribution in [0.4, 0.5) is 0 Å². The molecule has 3 amide bonds. The van der Waals surface area contributed by atoms with Gasteiger partial charge in [-0.2, -0.15) is 0 Å². The molecule has 0 spiro atoms. The van der Waals surface area contributed by atoms with E-state index in [4.69, 9.17) is 5.73 Å². The second-order valence-electron chi connectivity index (χ2n) is 6.40. The molecule has 8 nitrogen and oxygen atoms in total. The molecule has 0 saturated carbocycles. The van der Waals surface area contributed by atoms with Crippen LogP contribution in [0.3, 0.4) is 0 Å². The summed E-state index contributed by atoms with van der Waals surface area (Å²) in [4.78, 5) is 46.8. The molecule has 0 fully saturated rings. The second-order valence-corrected chi connectivity index (χ2v) is 6.40. The van der Waals surface area contributed by atoms with Gasteiger partial charge in [-0.15, -0.1) is 0 Å². The number of nitrogens with one attached hydrogen (secondary N) is 2. The van der Waals surface area contributed by atoms with Crippen molar-refractivity contribution in [2.24, 2.45) is 5.73 Å². The van der Waals surface area contributed by atoms with Gasteiger partial charge in [-0.3, -0.25) is 14.4 Å². The Morgan fingerprint density at radius 3 is 2.19 bits per heavy atom. The summed E-state index contributed by atoms with van der Waals surface area (Å²) in [5.41, 5.74) is 5.11. The van der Waals surface area contributed by atoms with E-state index >= 15 is 0 Å². The number of primary amides is 1. The molecule has 0 bridgehead atoms. The number of hydrogen-bond acceptors (Lipinski definition) is 5. The number of unbranched alkanes of at least 4 members (excludes halogenated alkanes) is 4. The Hall–Kier alpha value is -2.12. The van der Waals surface area contributed by atoms with E-state index in [1.807, 2.05) is 0 Å². The summed E-state index contributed by atoms with van der Waals surface area (Å²) in [6, 6.07) is -1.64. The monoisotopic (exact) mass is 371 g/mol. The Balaban J connectivity index is 4.57. The standard InChI is InChI=1S/C18H33N3O5/c1-4-5-6-7-8-12-16(23)21-14(10-9-11-15(19)22)17(24)20-13(2)18(25)26-3/h13-14H,4-12H2,1-3H3,(H2,19,22)(H,20,24)(H,21,23)/t13-,14+/m0/s1. The third-order valence-corrected chi connectivity index (χ3v) is 3.99. The van der Waals surface area contributed by atoms with Crippen molar-refractivity contribution in [3.05, 3.63) is 0 Å².